The predicted molar refractivity (Wildman–Crippen MR) is 122 cm³/mol. The Kier molecular flexibility index (Phi) is 5.53. The van der Waals surface area contributed by atoms with Crippen molar-refractivity contribution in [2.24, 2.45) is 0 Å². The molecule has 0 saturated heterocycles. The fourth-order valence-electron chi connectivity index (χ4n) is 3.42. The summed E-state index contributed by atoms with van der Waals surface area (Å²) in [4.78, 5) is 18.8. The lowest BCUT2D eigenvalue weighted by Crippen LogP contribution is -2.27. The largest absolute Gasteiger partial charge is 0.325 e. The van der Waals surface area contributed by atoms with Crippen molar-refractivity contribution in [2.45, 2.75) is 6.92 Å². The Hall–Kier alpha value is -3.22. The molecular formula is C23H22ClN5O. The van der Waals surface area contributed by atoms with Crippen LogP contribution in [0.25, 0.3) is 33.4 Å². The van der Waals surface area contributed by atoms with Crippen molar-refractivity contribution >= 4 is 34.1 Å². The minimum atomic E-state index is -0.0629. The van der Waals surface area contributed by atoms with E-state index in [1.54, 1.807) is 6.20 Å². The molecule has 2 N–H and O–H groups in total. The second kappa shape index (κ2) is 8.26. The maximum Gasteiger partial charge on any atom is 0.238 e. The smallest absolute Gasteiger partial charge is 0.238 e. The van der Waals surface area contributed by atoms with Gasteiger partial charge in [0.05, 0.1) is 29.6 Å². The Morgan fingerprint density at radius 1 is 1.13 bits per heavy atom. The topological polar surface area (TPSA) is 73.9 Å². The Morgan fingerprint density at radius 2 is 1.90 bits per heavy atom. The van der Waals surface area contributed by atoms with Crippen LogP contribution in [-0.2, 0) is 4.79 Å². The molecule has 2 aromatic heterocycles. The van der Waals surface area contributed by atoms with Gasteiger partial charge in [0, 0.05) is 27.2 Å². The Bertz CT molecular complexity index is 1210. The van der Waals surface area contributed by atoms with E-state index in [2.05, 4.69) is 28.5 Å². The molecular weight excluding hydrogens is 398 g/mol. The van der Waals surface area contributed by atoms with Crippen LogP contribution in [0.4, 0.5) is 5.69 Å². The number of hydrogen-bond donors (Lipinski definition) is 2. The van der Waals surface area contributed by atoms with Crippen LogP contribution < -0.4 is 5.32 Å². The molecule has 0 unspecified atom stereocenters. The molecule has 0 bridgehead atoms. The summed E-state index contributed by atoms with van der Waals surface area (Å²) in [5.41, 5.74) is 6.23. The number of halogens is 1. The first-order chi connectivity index (χ1) is 14.4. The van der Waals surface area contributed by atoms with Crippen molar-refractivity contribution in [3.8, 4) is 22.5 Å². The number of amides is 1. The number of H-pyrrole nitrogens is 1. The minimum Gasteiger partial charge on any atom is -0.325 e. The second-order valence-electron chi connectivity index (χ2n) is 7.51. The summed E-state index contributed by atoms with van der Waals surface area (Å²) >= 11 is 6.02. The summed E-state index contributed by atoms with van der Waals surface area (Å²) in [6, 6.07) is 15.4. The van der Waals surface area contributed by atoms with Gasteiger partial charge in [-0.1, -0.05) is 29.8 Å². The number of carbonyl (C=O) groups excluding carboxylic acids is 1. The van der Waals surface area contributed by atoms with E-state index in [1.165, 1.54) is 0 Å². The second-order valence-corrected chi connectivity index (χ2v) is 7.94. The van der Waals surface area contributed by atoms with Gasteiger partial charge >= 0.3 is 0 Å². The van der Waals surface area contributed by atoms with E-state index >= 15 is 0 Å². The van der Waals surface area contributed by atoms with Gasteiger partial charge in [-0.05, 0) is 56.9 Å². The summed E-state index contributed by atoms with van der Waals surface area (Å²) in [5.74, 6) is -0.0629. The van der Waals surface area contributed by atoms with E-state index in [9.17, 15) is 4.79 Å². The number of hydrogen-bond acceptors (Lipinski definition) is 4. The van der Waals surface area contributed by atoms with E-state index in [1.807, 2.05) is 61.5 Å². The monoisotopic (exact) mass is 419 g/mol. The molecule has 0 aliphatic carbocycles. The molecule has 0 spiro atoms. The molecule has 30 heavy (non-hydrogen) atoms. The van der Waals surface area contributed by atoms with Crippen LogP contribution in [0.1, 0.15) is 5.56 Å². The standard InChI is InChI=1S/C23H22ClN5O/c1-14-10-20(19-12-25-28-23(19)15-4-6-16(24)7-5-15)27-21-11-17(8-9-18(14)21)26-22(30)13-29(2)3/h4-12H,13H2,1-3H3,(H,25,28)(H,26,30). The minimum absolute atomic E-state index is 0.0629. The summed E-state index contributed by atoms with van der Waals surface area (Å²) in [6.45, 7) is 2.38. The van der Waals surface area contributed by atoms with Gasteiger partial charge in [-0.25, -0.2) is 4.98 Å². The highest BCUT2D eigenvalue weighted by Crippen LogP contribution is 2.32. The number of aromatic nitrogens is 3. The van der Waals surface area contributed by atoms with E-state index < -0.39 is 0 Å². The quantitative estimate of drug-likeness (QED) is 0.489. The zero-order valence-electron chi connectivity index (χ0n) is 17.0. The molecule has 0 atom stereocenters. The number of fused-ring (bicyclic) bond motifs is 1. The molecule has 6 nitrogen and oxygen atoms in total. The van der Waals surface area contributed by atoms with Crippen molar-refractivity contribution in [1.82, 2.24) is 20.1 Å². The van der Waals surface area contributed by atoms with Crippen molar-refractivity contribution in [3.05, 3.63) is 65.3 Å². The Labute approximate surface area is 179 Å². The molecule has 4 aromatic rings. The maximum absolute atomic E-state index is 12.1. The number of benzene rings is 2. The SMILES string of the molecule is Cc1cc(-c2cn[nH]c2-c2ccc(Cl)cc2)nc2cc(NC(=O)CN(C)C)ccc12. The third-order valence-corrected chi connectivity index (χ3v) is 5.06. The molecule has 152 valence electrons. The normalized spacial score (nSPS) is 11.2. The van der Waals surface area contributed by atoms with E-state index in [0.29, 0.717) is 11.6 Å². The highest BCUT2D eigenvalue weighted by molar-refractivity contribution is 6.30. The summed E-state index contributed by atoms with van der Waals surface area (Å²) in [5, 5.41) is 12.0. The lowest BCUT2D eigenvalue weighted by atomic mass is 10.0. The van der Waals surface area contributed by atoms with Gasteiger partial charge < -0.3 is 10.2 Å². The van der Waals surface area contributed by atoms with Crippen LogP contribution in [0.15, 0.2) is 54.7 Å². The summed E-state index contributed by atoms with van der Waals surface area (Å²) in [6.07, 6.45) is 1.78. The molecule has 0 aliphatic heterocycles. The third-order valence-electron chi connectivity index (χ3n) is 4.81. The molecule has 0 saturated carbocycles. The van der Waals surface area contributed by atoms with Crippen molar-refractivity contribution in [3.63, 3.8) is 0 Å². The van der Waals surface area contributed by atoms with Gasteiger partial charge in [-0.2, -0.15) is 5.10 Å². The number of pyridine rings is 1. The third kappa shape index (κ3) is 4.20. The highest BCUT2D eigenvalue weighted by atomic mass is 35.5. The number of carbonyl (C=O) groups is 1. The lowest BCUT2D eigenvalue weighted by molar-refractivity contribution is -0.116. The number of likely N-dealkylation sites (N-methyl/N-ethyl adjacent to an activating group) is 1. The number of nitrogens with one attached hydrogen (secondary N) is 2. The number of aromatic amines is 1. The van der Waals surface area contributed by atoms with E-state index in [0.717, 1.165) is 44.7 Å². The molecule has 2 aromatic carbocycles. The Balaban J connectivity index is 1.73. The van der Waals surface area contributed by atoms with E-state index in [-0.39, 0.29) is 5.91 Å². The first kappa shape index (κ1) is 20.1. The van der Waals surface area contributed by atoms with Gasteiger partial charge in [-0.3, -0.25) is 9.89 Å². The van der Waals surface area contributed by atoms with Gasteiger partial charge in [0.25, 0.3) is 0 Å². The van der Waals surface area contributed by atoms with Crippen molar-refractivity contribution in [1.29, 1.82) is 0 Å². The van der Waals surface area contributed by atoms with Gasteiger partial charge in [0.1, 0.15) is 0 Å². The molecule has 2 heterocycles. The van der Waals surface area contributed by atoms with Crippen LogP contribution in [0.3, 0.4) is 0 Å². The van der Waals surface area contributed by atoms with Gasteiger partial charge in [0.15, 0.2) is 0 Å². The fourth-order valence-corrected chi connectivity index (χ4v) is 3.55. The van der Waals surface area contributed by atoms with Crippen LogP contribution >= 0.6 is 11.6 Å². The Morgan fingerprint density at radius 3 is 2.63 bits per heavy atom. The first-order valence-corrected chi connectivity index (χ1v) is 9.94. The highest BCUT2D eigenvalue weighted by Gasteiger charge is 2.14. The lowest BCUT2D eigenvalue weighted by Gasteiger charge is -2.12. The average Bonchev–Trinajstić information content (AvgIpc) is 3.17. The number of rotatable bonds is 5. The zero-order valence-corrected chi connectivity index (χ0v) is 17.8. The van der Waals surface area contributed by atoms with Crippen LogP contribution in [-0.4, -0.2) is 46.6 Å². The molecule has 7 heteroatoms. The molecule has 4 rings (SSSR count). The molecule has 0 aliphatic rings. The van der Waals surface area contributed by atoms with Crippen LogP contribution in [0.2, 0.25) is 5.02 Å². The average molecular weight is 420 g/mol. The van der Waals surface area contributed by atoms with Gasteiger partial charge in [0.2, 0.25) is 5.91 Å². The summed E-state index contributed by atoms with van der Waals surface area (Å²) in [7, 11) is 3.72. The van der Waals surface area contributed by atoms with Crippen LogP contribution in [0, 0.1) is 6.92 Å². The maximum atomic E-state index is 12.1. The van der Waals surface area contributed by atoms with Crippen molar-refractivity contribution < 1.29 is 4.79 Å². The van der Waals surface area contributed by atoms with Crippen LogP contribution in [0.5, 0.6) is 0 Å². The summed E-state index contributed by atoms with van der Waals surface area (Å²) < 4.78 is 0. The first-order valence-electron chi connectivity index (χ1n) is 9.56. The van der Waals surface area contributed by atoms with E-state index in [4.69, 9.17) is 16.6 Å². The number of aryl methyl sites for hydroxylation is 1. The number of nitrogens with zero attached hydrogens (tertiary/aromatic N) is 3. The molecule has 0 fully saturated rings. The number of anilines is 1. The van der Waals surface area contributed by atoms with Crippen molar-refractivity contribution in [2.75, 3.05) is 26.0 Å². The molecule has 0 radical (unpaired) electrons. The molecule has 1 amide bonds. The predicted octanol–water partition coefficient (Wildman–Crippen LogP) is 4.75. The zero-order chi connectivity index (χ0) is 21.3. The fraction of sp³-hybridized carbons (Fsp3) is 0.174. The van der Waals surface area contributed by atoms with Gasteiger partial charge in [-0.15, -0.1) is 0 Å².